The van der Waals surface area contributed by atoms with Crippen molar-refractivity contribution in [1.82, 2.24) is 10.7 Å². The van der Waals surface area contributed by atoms with E-state index in [0.29, 0.717) is 0 Å². The summed E-state index contributed by atoms with van der Waals surface area (Å²) in [5.74, 6) is 6.04. The van der Waals surface area contributed by atoms with Crippen LogP contribution in [-0.4, -0.2) is 19.0 Å². The van der Waals surface area contributed by atoms with Crippen molar-refractivity contribution in [1.29, 1.82) is 0 Å². The smallest absolute Gasteiger partial charge is 0.205 e. The molecule has 0 radical (unpaired) electrons. The number of hydrazine groups is 1. The maximum atomic E-state index is 5.33. The van der Waals surface area contributed by atoms with E-state index in [4.69, 9.17) is 5.84 Å². The van der Waals surface area contributed by atoms with E-state index in [1.54, 1.807) is 0 Å². The zero-order valence-electron chi connectivity index (χ0n) is 9.47. The molecule has 4 heteroatoms. The first-order valence-corrected chi connectivity index (χ1v) is 5.60. The molecular weight excluding hydrogens is 176 g/mol. The Morgan fingerprint density at radius 1 is 1.14 bits per heavy atom. The topological polar surface area (TPSA) is 62.4 Å². The van der Waals surface area contributed by atoms with Gasteiger partial charge in [-0.15, -0.1) is 0 Å². The van der Waals surface area contributed by atoms with Crippen LogP contribution < -0.4 is 16.6 Å². The first-order chi connectivity index (χ1) is 6.85. The predicted octanol–water partition coefficient (Wildman–Crippen LogP) is 1.39. The van der Waals surface area contributed by atoms with Gasteiger partial charge in [0, 0.05) is 13.1 Å². The first kappa shape index (κ1) is 13.2. The Morgan fingerprint density at radius 3 is 2.43 bits per heavy atom. The summed E-state index contributed by atoms with van der Waals surface area (Å²) < 4.78 is 0. The minimum absolute atomic E-state index is 0.717. The van der Waals surface area contributed by atoms with Gasteiger partial charge in [0.15, 0.2) is 0 Å². The second kappa shape index (κ2) is 10.3. The van der Waals surface area contributed by atoms with Crippen LogP contribution in [0.4, 0.5) is 0 Å². The number of nitrogens with zero attached hydrogens (tertiary/aromatic N) is 1. The third kappa shape index (κ3) is 7.86. The fraction of sp³-hybridized carbons (Fsp3) is 0.900. The summed E-state index contributed by atoms with van der Waals surface area (Å²) in [5.41, 5.74) is 2.58. The number of aliphatic imine (C=N–C) groups is 1. The molecule has 14 heavy (non-hydrogen) atoms. The summed E-state index contributed by atoms with van der Waals surface area (Å²) in [6.07, 6.45) is 5.92. The maximum Gasteiger partial charge on any atom is 0.205 e. The van der Waals surface area contributed by atoms with Gasteiger partial charge >= 0.3 is 0 Å². The van der Waals surface area contributed by atoms with E-state index in [2.05, 4.69) is 29.6 Å². The van der Waals surface area contributed by atoms with Gasteiger partial charge in [-0.1, -0.05) is 33.1 Å². The molecule has 84 valence electrons. The molecule has 0 aliphatic rings. The molecule has 0 unspecified atom stereocenters. The van der Waals surface area contributed by atoms with Gasteiger partial charge in [-0.2, -0.15) is 0 Å². The molecule has 0 aliphatic carbocycles. The second-order valence-electron chi connectivity index (χ2n) is 3.36. The lowest BCUT2D eigenvalue weighted by Crippen LogP contribution is -2.42. The minimum Gasteiger partial charge on any atom is -0.355 e. The largest absolute Gasteiger partial charge is 0.355 e. The zero-order chi connectivity index (χ0) is 10.6. The van der Waals surface area contributed by atoms with Gasteiger partial charge < -0.3 is 5.32 Å². The van der Waals surface area contributed by atoms with Crippen molar-refractivity contribution < 1.29 is 0 Å². The van der Waals surface area contributed by atoms with E-state index in [0.717, 1.165) is 31.9 Å². The Hall–Kier alpha value is -0.770. The summed E-state index contributed by atoms with van der Waals surface area (Å²) in [7, 11) is 0. The highest BCUT2D eigenvalue weighted by molar-refractivity contribution is 5.79. The molecule has 0 amide bonds. The highest BCUT2D eigenvalue weighted by atomic mass is 15.3. The molecule has 0 saturated carbocycles. The molecule has 0 saturated heterocycles. The van der Waals surface area contributed by atoms with Crippen molar-refractivity contribution in [3.63, 3.8) is 0 Å². The van der Waals surface area contributed by atoms with Crippen LogP contribution in [0.15, 0.2) is 4.99 Å². The van der Waals surface area contributed by atoms with Crippen LogP contribution in [0.25, 0.3) is 0 Å². The zero-order valence-corrected chi connectivity index (χ0v) is 9.47. The number of rotatable bonds is 7. The molecule has 0 aromatic carbocycles. The number of hydrogen-bond acceptors (Lipinski definition) is 2. The fourth-order valence-electron chi connectivity index (χ4n) is 1.09. The molecule has 0 rings (SSSR count). The Balaban J connectivity index is 3.53. The number of nitrogens with two attached hydrogens (primary N) is 1. The highest BCUT2D eigenvalue weighted by Crippen LogP contribution is 1.93. The molecular formula is C10H24N4. The van der Waals surface area contributed by atoms with Crippen LogP contribution >= 0.6 is 0 Å². The lowest BCUT2D eigenvalue weighted by Gasteiger charge is -2.07. The molecule has 0 spiro atoms. The van der Waals surface area contributed by atoms with E-state index in [1.807, 2.05) is 0 Å². The number of hydrogen-bond donors (Lipinski definition) is 3. The van der Waals surface area contributed by atoms with E-state index in [1.165, 1.54) is 19.3 Å². The third-order valence-corrected chi connectivity index (χ3v) is 1.99. The summed E-state index contributed by atoms with van der Waals surface area (Å²) in [5, 5.41) is 3.16. The molecule has 0 aliphatic heterocycles. The quantitative estimate of drug-likeness (QED) is 0.191. The molecule has 4 nitrogen and oxygen atoms in total. The average molecular weight is 200 g/mol. The lowest BCUT2D eigenvalue weighted by molar-refractivity contribution is 0.706. The Bertz CT molecular complexity index is 145. The van der Waals surface area contributed by atoms with Gasteiger partial charge in [0.2, 0.25) is 5.96 Å². The van der Waals surface area contributed by atoms with Crippen molar-refractivity contribution in [3.05, 3.63) is 0 Å². The monoisotopic (exact) mass is 200 g/mol. The van der Waals surface area contributed by atoms with Crippen LogP contribution in [0, 0.1) is 0 Å². The molecule has 0 aromatic rings. The number of unbranched alkanes of at least 4 members (excludes halogenated alkanes) is 3. The summed E-state index contributed by atoms with van der Waals surface area (Å²) in [6.45, 7) is 6.14. The van der Waals surface area contributed by atoms with Gasteiger partial charge in [-0.3, -0.25) is 10.4 Å². The summed E-state index contributed by atoms with van der Waals surface area (Å²) in [4.78, 5) is 4.32. The second-order valence-corrected chi connectivity index (χ2v) is 3.36. The van der Waals surface area contributed by atoms with E-state index >= 15 is 0 Å². The van der Waals surface area contributed by atoms with Gasteiger partial charge in [0.25, 0.3) is 0 Å². The van der Waals surface area contributed by atoms with Crippen LogP contribution in [0.2, 0.25) is 0 Å². The average Bonchev–Trinajstić information content (AvgIpc) is 2.22. The highest BCUT2D eigenvalue weighted by Gasteiger charge is 1.93. The number of nitrogens with one attached hydrogen (secondary N) is 2. The standard InChI is InChI=1S/C10H24N4/c1-3-5-7-9-13-10(14-11)12-8-6-4-2/h3-9,11H2,1-2H3,(H2,12,13,14). The van der Waals surface area contributed by atoms with E-state index in [-0.39, 0.29) is 0 Å². The van der Waals surface area contributed by atoms with Gasteiger partial charge in [0.05, 0.1) is 0 Å². The maximum absolute atomic E-state index is 5.33. The molecule has 0 fully saturated rings. The first-order valence-electron chi connectivity index (χ1n) is 5.60. The predicted molar refractivity (Wildman–Crippen MR) is 62.1 cm³/mol. The van der Waals surface area contributed by atoms with E-state index in [9.17, 15) is 0 Å². The van der Waals surface area contributed by atoms with Crippen molar-refractivity contribution in [2.75, 3.05) is 13.1 Å². The normalized spacial score (nSPS) is 11.5. The molecule has 0 aromatic heterocycles. The summed E-state index contributed by atoms with van der Waals surface area (Å²) >= 11 is 0. The van der Waals surface area contributed by atoms with E-state index < -0.39 is 0 Å². The van der Waals surface area contributed by atoms with Crippen molar-refractivity contribution in [3.8, 4) is 0 Å². The number of guanidine groups is 1. The molecule has 0 atom stereocenters. The minimum atomic E-state index is 0.717. The van der Waals surface area contributed by atoms with Crippen LogP contribution in [-0.2, 0) is 0 Å². The fourth-order valence-corrected chi connectivity index (χ4v) is 1.09. The Labute approximate surface area is 87.3 Å². The van der Waals surface area contributed by atoms with Crippen LogP contribution in [0.5, 0.6) is 0 Å². The van der Waals surface area contributed by atoms with Crippen LogP contribution in [0.1, 0.15) is 46.0 Å². The summed E-state index contributed by atoms with van der Waals surface area (Å²) in [6, 6.07) is 0. The van der Waals surface area contributed by atoms with Crippen molar-refractivity contribution >= 4 is 5.96 Å². The van der Waals surface area contributed by atoms with Crippen LogP contribution in [0.3, 0.4) is 0 Å². The molecule has 0 heterocycles. The molecule has 4 N–H and O–H groups in total. The Kier molecular flexibility index (Phi) is 9.74. The molecule has 0 bridgehead atoms. The van der Waals surface area contributed by atoms with Crippen molar-refractivity contribution in [2.45, 2.75) is 46.0 Å². The Morgan fingerprint density at radius 2 is 1.86 bits per heavy atom. The van der Waals surface area contributed by atoms with Crippen molar-refractivity contribution in [2.24, 2.45) is 10.8 Å². The lowest BCUT2D eigenvalue weighted by atomic mass is 10.2. The SMILES string of the molecule is CCCCCN=C(NN)NCCCC. The van der Waals surface area contributed by atoms with Gasteiger partial charge in [-0.25, -0.2) is 5.84 Å². The third-order valence-electron chi connectivity index (χ3n) is 1.99. The van der Waals surface area contributed by atoms with Gasteiger partial charge in [-0.05, 0) is 12.8 Å². The van der Waals surface area contributed by atoms with Gasteiger partial charge in [0.1, 0.15) is 0 Å².